The first-order valence-corrected chi connectivity index (χ1v) is 18.3. The maximum Gasteiger partial charge on any atom is 0.0636 e. The lowest BCUT2D eigenvalue weighted by atomic mass is 9.84. The molecule has 0 saturated heterocycles. The molecule has 57 heavy (non-hydrogen) atoms. The predicted octanol–water partition coefficient (Wildman–Crippen LogP) is 15.7. The van der Waals surface area contributed by atoms with E-state index in [4.69, 9.17) is 16.4 Å². The third-order valence-corrected chi connectivity index (χ3v) is 10.8. The van der Waals surface area contributed by atoms with Crippen LogP contribution in [0.15, 0.2) is 206 Å². The maximum atomic E-state index is 9.57. The minimum Gasteiger partial charge on any atom is -0.0616 e. The molecule has 0 unspecified atom stereocenters. The highest BCUT2D eigenvalue weighted by atomic mass is 14.3. The van der Waals surface area contributed by atoms with E-state index in [-0.39, 0.29) is 78.3 Å². The van der Waals surface area contributed by atoms with Crippen LogP contribution >= 0.6 is 0 Å². The van der Waals surface area contributed by atoms with Gasteiger partial charge in [0, 0.05) is 0 Å². The van der Waals surface area contributed by atoms with Crippen LogP contribution in [0, 0.1) is 0 Å². The summed E-state index contributed by atoms with van der Waals surface area (Å²) in [6.45, 7) is 0. The van der Waals surface area contributed by atoms with Crippen LogP contribution < -0.4 is 0 Å². The van der Waals surface area contributed by atoms with Gasteiger partial charge in [-0.3, -0.25) is 0 Å². The van der Waals surface area contributed by atoms with E-state index in [1.165, 1.54) is 0 Å². The molecule has 0 saturated carbocycles. The number of benzene rings is 11. The topological polar surface area (TPSA) is 0 Å². The van der Waals surface area contributed by atoms with Crippen molar-refractivity contribution in [3.63, 3.8) is 0 Å². The van der Waals surface area contributed by atoms with E-state index in [9.17, 15) is 12.3 Å². The highest BCUT2D eigenvalue weighted by Gasteiger charge is 2.23. The van der Waals surface area contributed by atoms with Gasteiger partial charge >= 0.3 is 0 Å². The van der Waals surface area contributed by atoms with Crippen molar-refractivity contribution in [2.75, 3.05) is 0 Å². The Kier molecular flexibility index (Phi) is 3.92. The molecule has 264 valence electrons. The van der Waals surface area contributed by atoms with Crippen molar-refractivity contribution in [3.05, 3.63) is 217 Å². The summed E-state index contributed by atoms with van der Waals surface area (Å²) in [5, 5.41) is 1.95. The van der Waals surface area contributed by atoms with E-state index in [2.05, 4.69) is 0 Å². The molecule has 0 N–H and O–H groups in total. The molecule has 11 aromatic carbocycles. The molecule has 0 aromatic heterocycles. The van der Waals surface area contributed by atoms with Crippen molar-refractivity contribution >= 4 is 53.9 Å². The number of hydrogen-bond acceptors (Lipinski definition) is 0. The van der Waals surface area contributed by atoms with Crippen LogP contribution in [0.5, 0.6) is 0 Å². The van der Waals surface area contributed by atoms with Crippen LogP contribution in [0.4, 0.5) is 0 Å². The fraction of sp³-hybridized carbons (Fsp3) is 0.0175. The maximum absolute atomic E-state index is 9.57. The first kappa shape index (κ1) is 17.7. The van der Waals surface area contributed by atoms with Crippen LogP contribution in [-0.4, -0.2) is 0 Å². The lowest BCUT2D eigenvalue weighted by molar-refractivity contribution is 1.26. The Labute approximate surface area is 361 Å². The summed E-state index contributed by atoms with van der Waals surface area (Å²) in [4.78, 5) is 0. The lowest BCUT2D eigenvalue weighted by Crippen LogP contribution is -1.92. The summed E-state index contributed by atoms with van der Waals surface area (Å²) < 4.78 is 190. The summed E-state index contributed by atoms with van der Waals surface area (Å²) >= 11 is 0. The first-order chi connectivity index (χ1) is 37.0. The van der Waals surface area contributed by atoms with E-state index in [1.54, 1.807) is 42.5 Å². The van der Waals surface area contributed by atoms with Crippen LogP contribution in [0.2, 0.25) is 0 Å². The Morgan fingerprint density at radius 1 is 0.333 bits per heavy atom. The monoisotopic (exact) mass is 741 g/mol. The molecule has 0 aliphatic heterocycles. The van der Waals surface area contributed by atoms with E-state index < -0.39 is 137 Å². The largest absolute Gasteiger partial charge is 0.0636 e. The molecule has 0 spiro atoms. The molecule has 0 fully saturated rings. The highest BCUT2D eigenvalue weighted by Crippen LogP contribution is 2.47. The molecule has 0 heterocycles. The van der Waals surface area contributed by atoms with Gasteiger partial charge in [-0.2, -0.15) is 0 Å². The smallest absolute Gasteiger partial charge is 0.0616 e. The highest BCUT2D eigenvalue weighted by molar-refractivity contribution is 6.24. The van der Waals surface area contributed by atoms with Gasteiger partial charge in [0.1, 0.15) is 0 Å². The van der Waals surface area contributed by atoms with Crippen molar-refractivity contribution in [2.45, 2.75) is 6.42 Å². The molecular weight excluding hydrogens is 685 g/mol. The zero-order valence-electron chi connectivity index (χ0n) is 50.7. The summed E-state index contributed by atoms with van der Waals surface area (Å²) in [6, 6.07) is 11.5. The van der Waals surface area contributed by atoms with Crippen molar-refractivity contribution in [2.24, 2.45) is 0 Å². The van der Waals surface area contributed by atoms with E-state index >= 15 is 0 Å². The second-order valence-corrected chi connectivity index (χ2v) is 13.9. The Bertz CT molecular complexity index is 4580. The predicted molar refractivity (Wildman–Crippen MR) is 244 cm³/mol. The van der Waals surface area contributed by atoms with Gasteiger partial charge in [0.2, 0.25) is 0 Å². The van der Waals surface area contributed by atoms with Gasteiger partial charge in [0.05, 0.1) is 28.8 Å². The molecule has 0 bridgehead atoms. The lowest BCUT2D eigenvalue weighted by Gasteiger charge is -2.19. The molecule has 0 nitrogen and oxygen atoms in total. The van der Waals surface area contributed by atoms with Crippen molar-refractivity contribution in [1.29, 1.82) is 0 Å². The summed E-state index contributed by atoms with van der Waals surface area (Å²) in [7, 11) is 0. The van der Waals surface area contributed by atoms with Crippen LogP contribution in [0.3, 0.4) is 0 Å². The molecule has 0 atom stereocenters. The molecule has 1 aliphatic rings. The summed E-state index contributed by atoms with van der Waals surface area (Å²) in [5.41, 5.74) is 1.07. The standard InChI is InChI=1S/C57H36/c1-3-13-38-31-40(25-23-36(38)11-1)41-27-29-48-45(33-41)35-55-46(20-10-21-49(48)55)43-28-30-47-42(34-43)15-9-22-50(47)57-53-18-7-5-16-51(53)56(52-17-6-8-19-54(52)57)44-26-24-37-12-2-4-14-39(37)32-44/h1-34H,35H2/i1D,3D,5D,6D,7D,8D,10D,11D,13D,16D,17D,18D,19D,20D,21D,23D,25D,27D,29D,31D,33D. The van der Waals surface area contributed by atoms with Gasteiger partial charge in [-0.1, -0.05) is 188 Å². The fourth-order valence-corrected chi connectivity index (χ4v) is 8.25. The van der Waals surface area contributed by atoms with Gasteiger partial charge < -0.3 is 0 Å². The number of rotatable bonds is 4. The molecule has 12 rings (SSSR count). The molecule has 0 radical (unpaired) electrons. The summed E-state index contributed by atoms with van der Waals surface area (Å²) in [6.07, 6.45) is -0.221. The van der Waals surface area contributed by atoms with Gasteiger partial charge in [0.15, 0.2) is 0 Å². The zero-order chi connectivity index (χ0) is 55.7. The zero-order valence-corrected chi connectivity index (χ0v) is 29.7. The Hall–Kier alpha value is -7.28. The summed E-state index contributed by atoms with van der Waals surface area (Å²) in [5.74, 6) is 0. The average Bonchev–Trinajstić information content (AvgIpc) is 3.90. The van der Waals surface area contributed by atoms with Crippen LogP contribution in [-0.2, 0) is 6.42 Å². The molecular formula is C57H36. The van der Waals surface area contributed by atoms with Crippen molar-refractivity contribution < 1.29 is 28.8 Å². The third-order valence-electron chi connectivity index (χ3n) is 10.8. The normalized spacial score (nSPS) is 17.3. The minimum absolute atomic E-state index is 0.0137. The second-order valence-electron chi connectivity index (χ2n) is 13.9. The molecule has 11 aromatic rings. The Morgan fingerprint density at radius 2 is 0.982 bits per heavy atom. The molecule has 0 amide bonds. The van der Waals surface area contributed by atoms with E-state index in [1.807, 2.05) is 36.4 Å². The number of hydrogen-bond donors (Lipinski definition) is 0. The molecule has 1 aliphatic carbocycles. The van der Waals surface area contributed by atoms with Gasteiger partial charge in [-0.25, -0.2) is 0 Å². The van der Waals surface area contributed by atoms with E-state index in [0.717, 1.165) is 10.8 Å². The minimum atomic E-state index is -0.698. The second kappa shape index (κ2) is 12.6. The van der Waals surface area contributed by atoms with Crippen molar-refractivity contribution in [1.82, 2.24) is 0 Å². The Balaban J connectivity index is 1.10. The quantitative estimate of drug-likeness (QED) is 0.158. The SMILES string of the molecule is [2H]c1c([2H])c(-c2ccc3c(-c4c5c([2H])c([2H])c([2H])c([2H])c5c(-c5ccc6ccccc6c5)c5c([2H])c([2H])c([2H])c([2H])c45)cccc3c2)c2c(c1[2H])-c1c([2H])c([2H])c(-c3c([2H])c([2H])c4c([2H])c([2H])c([2H])c([2H])c4c3[2H])c([2H])c1C2. The van der Waals surface area contributed by atoms with Gasteiger partial charge in [0.25, 0.3) is 0 Å². The van der Waals surface area contributed by atoms with Crippen LogP contribution in [0.1, 0.15) is 39.9 Å². The average molecular weight is 742 g/mol. The van der Waals surface area contributed by atoms with Crippen LogP contribution in [0.25, 0.3) is 109 Å². The number of fused-ring (bicyclic) bond motifs is 8. The van der Waals surface area contributed by atoms with E-state index in [0.29, 0.717) is 27.5 Å². The van der Waals surface area contributed by atoms with Crippen molar-refractivity contribution in [3.8, 4) is 55.6 Å². The van der Waals surface area contributed by atoms with Gasteiger partial charge in [-0.15, -0.1) is 0 Å². The Morgan fingerprint density at radius 3 is 1.81 bits per heavy atom. The fourth-order valence-electron chi connectivity index (χ4n) is 8.25. The van der Waals surface area contributed by atoms with Gasteiger partial charge in [-0.05, 0) is 145 Å². The first-order valence-electron chi connectivity index (χ1n) is 28.8. The third kappa shape index (κ3) is 5.08. The molecule has 0 heteroatoms.